The Hall–Kier alpha value is -0.350. The second-order valence-electron chi connectivity index (χ2n) is 4.29. The van der Waals surface area contributed by atoms with Crippen molar-refractivity contribution < 1.29 is 0 Å². The van der Waals surface area contributed by atoms with E-state index < -0.39 is 0 Å². The number of rotatable bonds is 3. The van der Waals surface area contributed by atoms with Gasteiger partial charge in [-0.15, -0.1) is 11.3 Å². The highest BCUT2D eigenvalue weighted by atomic mass is 79.9. The Balaban J connectivity index is 2.48. The Kier molecular flexibility index (Phi) is 4.49. The third-order valence-corrected chi connectivity index (χ3v) is 4.56. The Bertz CT molecular complexity index is 545. The molecular formula is C14H15BrClNS. The van der Waals surface area contributed by atoms with Crippen LogP contribution in [0.25, 0.3) is 0 Å². The molecule has 1 nitrogen and oxygen atoms in total. The van der Waals surface area contributed by atoms with Crippen LogP contribution in [0, 0.1) is 13.8 Å². The first-order valence-electron chi connectivity index (χ1n) is 5.71. The molecule has 1 aromatic carbocycles. The van der Waals surface area contributed by atoms with Gasteiger partial charge in [-0.3, -0.25) is 0 Å². The highest BCUT2D eigenvalue weighted by Gasteiger charge is 2.17. The number of nitrogens with one attached hydrogen (secondary N) is 1. The summed E-state index contributed by atoms with van der Waals surface area (Å²) in [6.07, 6.45) is 0. The van der Waals surface area contributed by atoms with Gasteiger partial charge in [0, 0.05) is 19.2 Å². The second kappa shape index (κ2) is 5.74. The standard InChI is InChI=1S/C14H15BrClNS/c1-8-4-13(9(2)18-8)14(17-3)10-5-11(15)7-12(16)6-10/h4-7,14,17H,1-3H3. The van der Waals surface area contributed by atoms with Gasteiger partial charge in [0.05, 0.1) is 6.04 Å². The number of hydrogen-bond acceptors (Lipinski definition) is 2. The van der Waals surface area contributed by atoms with Crippen LogP contribution in [0.1, 0.15) is 26.9 Å². The van der Waals surface area contributed by atoms with E-state index in [-0.39, 0.29) is 6.04 Å². The molecular weight excluding hydrogens is 330 g/mol. The predicted octanol–water partition coefficient (Wildman–Crippen LogP) is 5.09. The normalized spacial score (nSPS) is 12.7. The number of thiophene rings is 1. The van der Waals surface area contributed by atoms with E-state index >= 15 is 0 Å². The van der Waals surface area contributed by atoms with Crippen molar-refractivity contribution in [1.82, 2.24) is 5.32 Å². The molecule has 0 saturated carbocycles. The van der Waals surface area contributed by atoms with Crippen molar-refractivity contribution in [2.24, 2.45) is 0 Å². The van der Waals surface area contributed by atoms with Gasteiger partial charge in [0.15, 0.2) is 0 Å². The summed E-state index contributed by atoms with van der Waals surface area (Å²) in [7, 11) is 1.98. The van der Waals surface area contributed by atoms with Crippen molar-refractivity contribution in [3.63, 3.8) is 0 Å². The summed E-state index contributed by atoms with van der Waals surface area (Å²) in [5.41, 5.74) is 2.51. The third kappa shape index (κ3) is 2.97. The molecule has 0 spiro atoms. The van der Waals surface area contributed by atoms with E-state index in [4.69, 9.17) is 11.6 Å². The lowest BCUT2D eigenvalue weighted by atomic mass is 9.99. The lowest BCUT2D eigenvalue weighted by Gasteiger charge is -2.17. The smallest absolute Gasteiger partial charge is 0.0586 e. The molecule has 1 aromatic heterocycles. The number of halogens is 2. The number of benzene rings is 1. The van der Waals surface area contributed by atoms with Crippen LogP contribution < -0.4 is 5.32 Å². The average molecular weight is 345 g/mol. The maximum atomic E-state index is 6.13. The fraction of sp³-hybridized carbons (Fsp3) is 0.286. The molecule has 0 fully saturated rings. The van der Waals surface area contributed by atoms with Crippen LogP contribution in [-0.4, -0.2) is 7.05 Å². The third-order valence-electron chi connectivity index (χ3n) is 2.90. The largest absolute Gasteiger partial charge is 0.309 e. The van der Waals surface area contributed by atoms with Gasteiger partial charge >= 0.3 is 0 Å². The molecule has 1 N–H and O–H groups in total. The minimum atomic E-state index is 0.185. The van der Waals surface area contributed by atoms with E-state index in [1.54, 1.807) is 0 Å². The summed E-state index contributed by atoms with van der Waals surface area (Å²) in [6, 6.07) is 8.46. The van der Waals surface area contributed by atoms with E-state index in [0.717, 1.165) is 9.50 Å². The SMILES string of the molecule is CNC(c1cc(Cl)cc(Br)c1)c1cc(C)sc1C. The van der Waals surface area contributed by atoms with Crippen LogP contribution in [0.5, 0.6) is 0 Å². The molecule has 0 bridgehead atoms. The minimum Gasteiger partial charge on any atom is -0.309 e. The maximum Gasteiger partial charge on any atom is 0.0586 e. The summed E-state index contributed by atoms with van der Waals surface area (Å²) in [6.45, 7) is 4.30. The van der Waals surface area contributed by atoms with E-state index in [1.807, 2.05) is 30.5 Å². The van der Waals surface area contributed by atoms with E-state index in [1.165, 1.54) is 20.9 Å². The van der Waals surface area contributed by atoms with Gasteiger partial charge in [-0.05, 0) is 56.3 Å². The molecule has 2 aromatic rings. The molecule has 2 rings (SSSR count). The molecule has 0 aliphatic carbocycles. The molecule has 0 saturated heterocycles. The zero-order chi connectivity index (χ0) is 13.3. The lowest BCUT2D eigenvalue weighted by Crippen LogP contribution is -2.17. The van der Waals surface area contributed by atoms with Gasteiger partial charge < -0.3 is 5.32 Å². The first-order valence-corrected chi connectivity index (χ1v) is 7.70. The van der Waals surface area contributed by atoms with Gasteiger partial charge in [0.1, 0.15) is 0 Å². The Morgan fingerprint density at radius 2 is 1.94 bits per heavy atom. The molecule has 1 atom stereocenters. The molecule has 0 aliphatic rings. The Morgan fingerprint density at radius 3 is 2.44 bits per heavy atom. The molecule has 0 amide bonds. The van der Waals surface area contributed by atoms with Gasteiger partial charge in [0.2, 0.25) is 0 Å². The first-order chi connectivity index (χ1) is 8.51. The number of hydrogen-bond donors (Lipinski definition) is 1. The van der Waals surface area contributed by atoms with Crippen molar-refractivity contribution >= 4 is 38.9 Å². The van der Waals surface area contributed by atoms with Crippen LogP contribution in [0.3, 0.4) is 0 Å². The molecule has 1 unspecified atom stereocenters. The van der Waals surface area contributed by atoms with Gasteiger partial charge in [-0.2, -0.15) is 0 Å². The molecule has 96 valence electrons. The van der Waals surface area contributed by atoms with Crippen molar-refractivity contribution in [1.29, 1.82) is 0 Å². The fourth-order valence-electron chi connectivity index (χ4n) is 2.18. The second-order valence-corrected chi connectivity index (χ2v) is 7.11. The first kappa shape index (κ1) is 14.1. The summed E-state index contributed by atoms with van der Waals surface area (Å²) >= 11 is 11.5. The highest BCUT2D eigenvalue weighted by Crippen LogP contribution is 2.32. The zero-order valence-electron chi connectivity index (χ0n) is 10.6. The van der Waals surface area contributed by atoms with E-state index in [2.05, 4.69) is 47.2 Å². The van der Waals surface area contributed by atoms with E-state index in [9.17, 15) is 0 Å². The summed E-state index contributed by atoms with van der Waals surface area (Å²) in [4.78, 5) is 2.69. The van der Waals surface area contributed by atoms with E-state index in [0.29, 0.717) is 0 Å². The highest BCUT2D eigenvalue weighted by molar-refractivity contribution is 9.10. The molecule has 18 heavy (non-hydrogen) atoms. The maximum absolute atomic E-state index is 6.13. The topological polar surface area (TPSA) is 12.0 Å². The summed E-state index contributed by atoms with van der Waals surface area (Å²) < 4.78 is 1.01. The molecule has 4 heteroatoms. The monoisotopic (exact) mass is 343 g/mol. The molecule has 0 radical (unpaired) electrons. The zero-order valence-corrected chi connectivity index (χ0v) is 13.7. The fourth-order valence-corrected chi connectivity index (χ4v) is 4.03. The Labute approximate surface area is 125 Å². The van der Waals surface area contributed by atoms with Gasteiger partial charge in [-0.25, -0.2) is 0 Å². The van der Waals surface area contributed by atoms with Gasteiger partial charge in [-0.1, -0.05) is 27.5 Å². The van der Waals surface area contributed by atoms with Crippen molar-refractivity contribution in [3.8, 4) is 0 Å². The van der Waals surface area contributed by atoms with Crippen LogP contribution in [0.2, 0.25) is 5.02 Å². The van der Waals surface area contributed by atoms with Crippen LogP contribution in [0.4, 0.5) is 0 Å². The minimum absolute atomic E-state index is 0.185. The van der Waals surface area contributed by atoms with Gasteiger partial charge in [0.25, 0.3) is 0 Å². The van der Waals surface area contributed by atoms with Crippen LogP contribution >= 0.6 is 38.9 Å². The summed E-state index contributed by atoms with van der Waals surface area (Å²) in [5, 5.41) is 4.12. The van der Waals surface area contributed by atoms with Crippen molar-refractivity contribution in [2.75, 3.05) is 7.05 Å². The molecule has 0 aliphatic heterocycles. The van der Waals surface area contributed by atoms with Crippen LogP contribution in [-0.2, 0) is 0 Å². The predicted molar refractivity (Wildman–Crippen MR) is 83.8 cm³/mol. The Morgan fingerprint density at radius 1 is 1.22 bits per heavy atom. The van der Waals surface area contributed by atoms with Crippen LogP contribution in [0.15, 0.2) is 28.7 Å². The summed E-state index contributed by atoms with van der Waals surface area (Å²) in [5.74, 6) is 0. The lowest BCUT2D eigenvalue weighted by molar-refractivity contribution is 0.690. The average Bonchev–Trinajstić information content (AvgIpc) is 2.58. The number of aryl methyl sites for hydroxylation is 2. The quantitative estimate of drug-likeness (QED) is 0.818. The van der Waals surface area contributed by atoms with Crippen molar-refractivity contribution in [3.05, 3.63) is 54.6 Å². The van der Waals surface area contributed by atoms with Crippen molar-refractivity contribution in [2.45, 2.75) is 19.9 Å². The molecule has 1 heterocycles.